The number of hydrogen-bond acceptors (Lipinski definition) is 7. The molecule has 56 heavy (non-hydrogen) atoms. The van der Waals surface area contributed by atoms with E-state index in [2.05, 4.69) is 61.0 Å². The highest BCUT2D eigenvalue weighted by molar-refractivity contribution is 6.19. The van der Waals surface area contributed by atoms with Crippen molar-refractivity contribution in [2.75, 3.05) is 13.7 Å². The molecule has 3 aliphatic rings. The highest BCUT2D eigenvalue weighted by Crippen LogP contribution is 2.39. The van der Waals surface area contributed by atoms with Crippen LogP contribution >= 0.6 is 0 Å². The fraction of sp³-hybridized carbons (Fsp3) is 0.478. The first-order valence-corrected chi connectivity index (χ1v) is 20.3. The van der Waals surface area contributed by atoms with Gasteiger partial charge < -0.3 is 29.7 Å². The summed E-state index contributed by atoms with van der Waals surface area (Å²) in [6.07, 6.45) is 15.4. The predicted molar refractivity (Wildman–Crippen MR) is 220 cm³/mol. The molecule has 10 heteroatoms. The summed E-state index contributed by atoms with van der Waals surface area (Å²) in [5, 5.41) is 6.84. The van der Waals surface area contributed by atoms with Gasteiger partial charge in [0.1, 0.15) is 12.5 Å². The second-order valence-electron chi connectivity index (χ2n) is 15.9. The summed E-state index contributed by atoms with van der Waals surface area (Å²) in [4.78, 5) is 64.4. The summed E-state index contributed by atoms with van der Waals surface area (Å²) in [5.74, 6) is -1.91. The van der Waals surface area contributed by atoms with Gasteiger partial charge in [-0.2, -0.15) is 0 Å². The smallest absolute Gasteiger partial charge is 0.320 e. The zero-order valence-corrected chi connectivity index (χ0v) is 34.5. The van der Waals surface area contributed by atoms with Gasteiger partial charge in [-0.3, -0.25) is 19.2 Å². The standard InChI is InChI=1S/C46H58N4O6/c1-10-24(4)14-13-15-25(5)18-19-56-39(52)17-16-31-27(7)34-20-33-26(6)29(11-2)36(47-33)22-38-32(23-51)30(12-3)37(48-38)21-35-28(8)40-44(50-35)41(43(31)49-34)42(45(40)53)46(54)55-9/h18,20-24,31,42-43,47-50H,10-17,19H2,1-9H3/b25-18+,33-20-,35-21-,36-22-/t24-,31+,42-,43?/m1/s1. The van der Waals surface area contributed by atoms with Crippen LogP contribution in [0.5, 0.6) is 0 Å². The van der Waals surface area contributed by atoms with Crippen LogP contribution in [-0.4, -0.2) is 58.7 Å². The van der Waals surface area contributed by atoms with Gasteiger partial charge in [-0.25, -0.2) is 0 Å². The maximum Gasteiger partial charge on any atom is 0.320 e. The number of esters is 2. The third-order valence-electron chi connectivity index (χ3n) is 12.5. The molecule has 1 unspecified atom stereocenters. The van der Waals surface area contributed by atoms with Gasteiger partial charge in [0.15, 0.2) is 12.1 Å². The molecular weight excluding hydrogens is 705 g/mol. The molecule has 3 aromatic rings. The normalized spacial score (nSPS) is 21.1. The molecular formula is C46H58N4O6. The fourth-order valence-electron chi connectivity index (χ4n) is 8.90. The second-order valence-corrected chi connectivity index (χ2v) is 15.9. The minimum Gasteiger partial charge on any atom is -0.468 e. The molecule has 0 saturated carbocycles. The number of ketones is 1. The van der Waals surface area contributed by atoms with Crippen molar-refractivity contribution in [2.24, 2.45) is 17.8 Å². The first-order valence-electron chi connectivity index (χ1n) is 20.3. The Morgan fingerprint density at radius 1 is 0.911 bits per heavy atom. The number of rotatable bonds is 14. The van der Waals surface area contributed by atoms with E-state index in [0.29, 0.717) is 57.4 Å². The summed E-state index contributed by atoms with van der Waals surface area (Å²) in [6, 6.07) is -0.494. The third kappa shape index (κ3) is 7.54. The monoisotopic (exact) mass is 762 g/mol. The predicted octanol–water partition coefficient (Wildman–Crippen LogP) is 5.16. The summed E-state index contributed by atoms with van der Waals surface area (Å²) >= 11 is 0. The topological polar surface area (TPSA) is 146 Å². The van der Waals surface area contributed by atoms with Crippen molar-refractivity contribution < 1.29 is 28.7 Å². The van der Waals surface area contributed by atoms with Gasteiger partial charge in [-0.05, 0) is 123 Å². The van der Waals surface area contributed by atoms with Gasteiger partial charge in [-0.15, -0.1) is 0 Å². The Morgan fingerprint density at radius 2 is 1.62 bits per heavy atom. The van der Waals surface area contributed by atoms with Crippen LogP contribution in [0.15, 0.2) is 22.9 Å². The lowest BCUT2D eigenvalue weighted by Crippen LogP contribution is -2.39. The van der Waals surface area contributed by atoms with Gasteiger partial charge >= 0.3 is 11.9 Å². The van der Waals surface area contributed by atoms with Crippen LogP contribution in [0.1, 0.15) is 134 Å². The number of aldehydes is 1. The quantitative estimate of drug-likeness (QED) is 0.0769. The number of hydrogen-bond donors (Lipinski definition) is 4. The van der Waals surface area contributed by atoms with Gasteiger partial charge in [-0.1, -0.05) is 46.1 Å². The Hall–Kier alpha value is -5.12. The highest BCUT2D eigenvalue weighted by Gasteiger charge is 2.47. The van der Waals surface area contributed by atoms with E-state index >= 15 is 0 Å². The van der Waals surface area contributed by atoms with Crippen molar-refractivity contribution in [3.05, 3.63) is 89.1 Å². The molecule has 8 bridgehead atoms. The van der Waals surface area contributed by atoms with Crippen molar-refractivity contribution in [1.82, 2.24) is 20.3 Å². The largest absolute Gasteiger partial charge is 0.468 e. The summed E-state index contributed by atoms with van der Waals surface area (Å²) in [5.41, 5.74) is 10.0. The number of carbonyl (C=O) groups excluding carboxylic acids is 4. The molecule has 10 nitrogen and oxygen atoms in total. The Bertz CT molecular complexity index is 2380. The van der Waals surface area contributed by atoms with Crippen molar-refractivity contribution >= 4 is 47.8 Å². The first kappa shape index (κ1) is 40.5. The molecule has 298 valence electrons. The van der Waals surface area contributed by atoms with Gasteiger partial charge in [0.2, 0.25) is 0 Å². The van der Waals surface area contributed by atoms with Crippen LogP contribution < -0.4 is 26.7 Å². The van der Waals surface area contributed by atoms with Crippen molar-refractivity contribution in [3.63, 3.8) is 0 Å². The summed E-state index contributed by atoms with van der Waals surface area (Å²) < 4.78 is 11.0. The zero-order chi connectivity index (χ0) is 40.4. The first-order chi connectivity index (χ1) is 26.9. The molecule has 6 rings (SSSR count). The molecule has 0 spiro atoms. The number of H-pyrrole nitrogens is 3. The van der Waals surface area contributed by atoms with E-state index in [4.69, 9.17) is 9.47 Å². The Labute approximate surface area is 329 Å². The SMILES string of the molecule is CCc1c2[nH]c(c1C=O)/C=c1\[nH]/c(c(C)c1CC)=C\C1=C(C)[C@H](CCC(=O)OC/C=C(\C)CCC[C@H](C)CC)C(N1)C1=c3[nH]/c(c(C)c3C(=O)[C@@H]1C(=O)OC)=C\2. The van der Waals surface area contributed by atoms with E-state index in [1.54, 1.807) is 0 Å². The van der Waals surface area contributed by atoms with Gasteiger partial charge in [0.25, 0.3) is 0 Å². The highest BCUT2D eigenvalue weighted by atomic mass is 16.5. The summed E-state index contributed by atoms with van der Waals surface area (Å²) in [7, 11) is 1.30. The molecule has 0 fully saturated rings. The fourth-order valence-corrected chi connectivity index (χ4v) is 8.90. The van der Waals surface area contributed by atoms with Crippen molar-refractivity contribution in [1.29, 1.82) is 0 Å². The lowest BCUT2D eigenvalue weighted by atomic mass is 9.82. The van der Waals surface area contributed by atoms with Crippen LogP contribution in [0.2, 0.25) is 0 Å². The van der Waals surface area contributed by atoms with Crippen LogP contribution in [-0.2, 0) is 31.9 Å². The minimum atomic E-state index is -1.15. The van der Waals surface area contributed by atoms with E-state index in [1.807, 2.05) is 39.0 Å². The number of aromatic nitrogens is 3. The number of allylic oxidation sites excluding steroid dienone is 2. The average molecular weight is 763 g/mol. The van der Waals surface area contributed by atoms with Gasteiger partial charge in [0, 0.05) is 50.9 Å². The van der Waals surface area contributed by atoms with E-state index in [1.165, 1.54) is 25.5 Å². The van der Waals surface area contributed by atoms with Crippen molar-refractivity contribution in [3.8, 4) is 0 Å². The molecule has 0 amide bonds. The van der Waals surface area contributed by atoms with E-state index in [-0.39, 0.29) is 30.7 Å². The van der Waals surface area contributed by atoms with Crippen LogP contribution in [0.25, 0.3) is 23.8 Å². The maximum atomic E-state index is 14.3. The number of ether oxygens (including phenoxy) is 2. The number of aromatic amines is 3. The van der Waals surface area contributed by atoms with E-state index < -0.39 is 17.9 Å². The Balaban J connectivity index is 1.47. The van der Waals surface area contributed by atoms with E-state index in [0.717, 1.165) is 69.9 Å². The Kier molecular flexibility index (Phi) is 12.3. The minimum absolute atomic E-state index is 0.169. The molecule has 2 aliphatic heterocycles. The number of methoxy groups -OCH3 is 1. The number of nitrogens with one attached hydrogen (secondary N) is 4. The van der Waals surface area contributed by atoms with Crippen LogP contribution in [0.4, 0.5) is 0 Å². The molecule has 3 aromatic heterocycles. The second kappa shape index (κ2) is 16.9. The lowest BCUT2D eigenvalue weighted by molar-refractivity contribution is -0.143. The molecule has 0 aromatic carbocycles. The molecule has 5 heterocycles. The Morgan fingerprint density at radius 3 is 2.30 bits per heavy atom. The molecule has 4 N–H and O–H groups in total. The molecule has 0 radical (unpaired) electrons. The number of fused-ring (bicyclic) bond motifs is 8. The van der Waals surface area contributed by atoms with Crippen LogP contribution in [0.3, 0.4) is 0 Å². The maximum absolute atomic E-state index is 14.3. The molecule has 4 atom stereocenters. The number of carbonyl (C=O) groups is 4. The van der Waals surface area contributed by atoms with E-state index in [9.17, 15) is 19.2 Å². The molecule has 1 aliphatic carbocycles. The third-order valence-corrected chi connectivity index (χ3v) is 12.5. The summed E-state index contributed by atoms with van der Waals surface area (Å²) in [6.45, 7) is 17.0. The molecule has 0 saturated heterocycles. The number of Topliss-reactive ketones (excluding diaryl/α,β-unsaturated/α-hetero) is 1. The van der Waals surface area contributed by atoms with Gasteiger partial charge in [0.05, 0.1) is 24.2 Å². The van der Waals surface area contributed by atoms with Crippen molar-refractivity contribution in [2.45, 2.75) is 113 Å². The lowest BCUT2D eigenvalue weighted by Gasteiger charge is -2.26. The zero-order valence-electron chi connectivity index (χ0n) is 34.5. The average Bonchev–Trinajstić information content (AvgIpc) is 3.93. The van der Waals surface area contributed by atoms with Crippen LogP contribution in [0, 0.1) is 31.6 Å².